The van der Waals surface area contributed by atoms with E-state index >= 15 is 0 Å². The van der Waals surface area contributed by atoms with Crippen LogP contribution in [-0.4, -0.2) is 36.6 Å². The maximum atomic E-state index is 13.1. The molecule has 1 saturated heterocycles. The molecule has 0 spiro atoms. The Hall–Kier alpha value is -2.70. The van der Waals surface area contributed by atoms with E-state index in [0.717, 1.165) is 35.0 Å². The lowest BCUT2D eigenvalue weighted by Crippen LogP contribution is -2.37. The lowest BCUT2D eigenvalue weighted by molar-refractivity contribution is 0.0946. The average Bonchev–Trinajstić information content (AvgIpc) is 3.32. The molecule has 1 amide bonds. The van der Waals surface area contributed by atoms with Gasteiger partial charge in [0.2, 0.25) is 0 Å². The number of halogens is 1. The van der Waals surface area contributed by atoms with Crippen LogP contribution >= 0.6 is 0 Å². The predicted molar refractivity (Wildman–Crippen MR) is 105 cm³/mol. The number of aromatic amines is 1. The number of hydrogen-bond donors (Lipinski definition) is 4. The van der Waals surface area contributed by atoms with Gasteiger partial charge in [0, 0.05) is 23.5 Å². The summed E-state index contributed by atoms with van der Waals surface area (Å²) >= 11 is 0. The second-order valence-electron chi connectivity index (χ2n) is 7.14. The Balaban J connectivity index is 1.46. The number of amides is 1. The first-order chi connectivity index (χ1) is 13.1. The fourth-order valence-corrected chi connectivity index (χ4v) is 3.62. The maximum Gasteiger partial charge on any atom is 0.267 e. The van der Waals surface area contributed by atoms with Crippen LogP contribution in [0, 0.1) is 11.7 Å². The molecule has 4 rings (SSSR count). The van der Waals surface area contributed by atoms with Gasteiger partial charge in [-0.15, -0.1) is 0 Å². The molecule has 2 heterocycles. The van der Waals surface area contributed by atoms with Crippen molar-refractivity contribution in [3.05, 3.63) is 60.0 Å². The topological polar surface area (TPSA) is 82.9 Å². The van der Waals surface area contributed by atoms with Crippen molar-refractivity contribution in [1.82, 2.24) is 15.6 Å². The fraction of sp³-hybridized carbons (Fsp3) is 0.286. The fourth-order valence-electron chi connectivity index (χ4n) is 3.62. The third-order valence-corrected chi connectivity index (χ3v) is 5.20. The largest absolute Gasteiger partial charge is 0.351 e. The number of rotatable bonds is 5. The van der Waals surface area contributed by atoms with Crippen LogP contribution in [0.15, 0.2) is 48.5 Å². The zero-order chi connectivity index (χ0) is 18.8. The maximum absolute atomic E-state index is 13.1. The number of hydrogen-bond acceptors (Lipinski definition) is 3. The summed E-state index contributed by atoms with van der Waals surface area (Å²) < 4.78 is 13.1. The highest BCUT2D eigenvalue weighted by molar-refractivity contribution is 5.98. The van der Waals surface area contributed by atoms with E-state index in [1.807, 2.05) is 24.3 Å². The summed E-state index contributed by atoms with van der Waals surface area (Å²) in [7, 11) is 0. The minimum absolute atomic E-state index is 0.118. The van der Waals surface area contributed by atoms with E-state index in [-0.39, 0.29) is 17.8 Å². The molecular weight excluding hydrogens is 343 g/mol. The van der Waals surface area contributed by atoms with Gasteiger partial charge in [-0.05, 0) is 60.8 Å². The Bertz CT molecular complexity index is 950. The zero-order valence-corrected chi connectivity index (χ0v) is 15.0. The Morgan fingerprint density at radius 3 is 2.67 bits per heavy atom. The third kappa shape index (κ3) is 3.86. The molecule has 1 unspecified atom stereocenters. The second-order valence-corrected chi connectivity index (χ2v) is 7.14. The molecule has 1 aliphatic rings. The third-order valence-electron chi connectivity index (χ3n) is 5.20. The molecule has 6 heteroatoms. The highest BCUT2D eigenvalue weighted by Crippen LogP contribution is 2.25. The van der Waals surface area contributed by atoms with Gasteiger partial charge in [0.25, 0.3) is 5.91 Å². The van der Waals surface area contributed by atoms with Crippen molar-refractivity contribution in [2.24, 2.45) is 11.7 Å². The van der Waals surface area contributed by atoms with Crippen LogP contribution in [-0.2, 0) is 0 Å². The molecule has 2 atom stereocenters. The van der Waals surface area contributed by atoms with Crippen molar-refractivity contribution in [3.8, 4) is 11.1 Å². The van der Waals surface area contributed by atoms with E-state index in [4.69, 9.17) is 5.73 Å². The Kier molecular flexibility index (Phi) is 4.92. The monoisotopic (exact) mass is 366 g/mol. The number of H-pyrrole nitrogens is 1. The van der Waals surface area contributed by atoms with Gasteiger partial charge in [-0.1, -0.05) is 24.3 Å². The van der Waals surface area contributed by atoms with Gasteiger partial charge in [-0.25, -0.2) is 4.39 Å². The number of nitrogens with one attached hydrogen (secondary N) is 3. The molecular formula is C21H23FN4O. The van der Waals surface area contributed by atoms with Crippen molar-refractivity contribution >= 4 is 16.8 Å². The number of nitrogens with two attached hydrogens (primary N) is 1. The summed E-state index contributed by atoms with van der Waals surface area (Å²) in [6.07, 6.45) is 0.991. The molecule has 1 aromatic heterocycles. The molecule has 5 nitrogen and oxygen atoms in total. The van der Waals surface area contributed by atoms with Crippen LogP contribution in [0.3, 0.4) is 0 Å². The van der Waals surface area contributed by atoms with E-state index in [2.05, 4.69) is 15.6 Å². The average molecular weight is 366 g/mol. The molecule has 1 aliphatic heterocycles. The Labute approximate surface area is 157 Å². The van der Waals surface area contributed by atoms with Gasteiger partial charge in [-0.3, -0.25) is 4.79 Å². The van der Waals surface area contributed by atoms with Crippen molar-refractivity contribution in [2.75, 3.05) is 19.6 Å². The first-order valence-electron chi connectivity index (χ1n) is 9.23. The lowest BCUT2D eigenvalue weighted by atomic mass is 10.0. The molecule has 2 aromatic carbocycles. The summed E-state index contributed by atoms with van der Waals surface area (Å²) in [6.45, 7) is 2.18. The van der Waals surface area contributed by atoms with Crippen LogP contribution in [0.2, 0.25) is 0 Å². The first-order valence-corrected chi connectivity index (χ1v) is 9.23. The number of benzene rings is 2. The molecule has 1 fully saturated rings. The number of fused-ring (bicyclic) bond motifs is 1. The van der Waals surface area contributed by atoms with Gasteiger partial charge in [0.15, 0.2) is 0 Å². The van der Waals surface area contributed by atoms with Gasteiger partial charge in [0.1, 0.15) is 11.5 Å². The first kappa shape index (κ1) is 17.7. The smallest absolute Gasteiger partial charge is 0.267 e. The zero-order valence-electron chi connectivity index (χ0n) is 15.0. The van der Waals surface area contributed by atoms with Crippen LogP contribution in [0.5, 0.6) is 0 Å². The number of carbonyl (C=O) groups excluding carboxylic acids is 1. The quantitative estimate of drug-likeness (QED) is 0.560. The Morgan fingerprint density at radius 1 is 1.15 bits per heavy atom. The summed E-state index contributed by atoms with van der Waals surface area (Å²) in [5, 5.41) is 7.34. The molecule has 0 radical (unpaired) electrons. The van der Waals surface area contributed by atoms with E-state index in [1.165, 1.54) is 12.1 Å². The molecule has 140 valence electrons. The van der Waals surface area contributed by atoms with Crippen LogP contribution < -0.4 is 16.4 Å². The van der Waals surface area contributed by atoms with Crippen molar-refractivity contribution in [2.45, 2.75) is 12.5 Å². The van der Waals surface area contributed by atoms with Crippen LogP contribution in [0.25, 0.3) is 22.0 Å². The van der Waals surface area contributed by atoms with Crippen molar-refractivity contribution in [1.29, 1.82) is 0 Å². The highest BCUT2D eigenvalue weighted by Gasteiger charge is 2.23. The molecule has 0 saturated carbocycles. The number of carbonyl (C=O) groups is 1. The summed E-state index contributed by atoms with van der Waals surface area (Å²) in [6, 6.07) is 14.4. The van der Waals surface area contributed by atoms with E-state index in [9.17, 15) is 9.18 Å². The number of aromatic nitrogens is 1. The molecule has 0 bridgehead atoms. The van der Waals surface area contributed by atoms with E-state index in [0.29, 0.717) is 24.7 Å². The minimum atomic E-state index is -0.256. The van der Waals surface area contributed by atoms with Crippen LogP contribution in [0.4, 0.5) is 4.39 Å². The molecule has 3 aromatic rings. The lowest BCUT2D eigenvalue weighted by Gasteiger charge is -2.11. The van der Waals surface area contributed by atoms with Crippen LogP contribution in [0.1, 0.15) is 16.9 Å². The van der Waals surface area contributed by atoms with Gasteiger partial charge in [0.05, 0.1) is 0 Å². The summed E-state index contributed by atoms with van der Waals surface area (Å²) in [5.74, 6) is 0.116. The normalized spacial score (nSPS) is 19.5. The SMILES string of the molecule is NC[C@@H]1CNC(CNC(=O)c2cc3ccc(-c4ccc(F)cc4)cc3[nH]2)C1. The molecule has 27 heavy (non-hydrogen) atoms. The molecule has 5 N–H and O–H groups in total. The van der Waals surface area contributed by atoms with Crippen molar-refractivity contribution in [3.63, 3.8) is 0 Å². The standard InChI is InChI=1S/C21H23FN4O/c22-17-5-3-14(4-6-17)15-1-2-16-9-20(26-19(16)8-15)21(27)25-12-18-7-13(10-23)11-24-18/h1-6,8-9,13,18,24,26H,7,10-12,23H2,(H,25,27)/t13-,18?/m1/s1. The van der Waals surface area contributed by atoms with E-state index in [1.54, 1.807) is 12.1 Å². The predicted octanol–water partition coefficient (Wildman–Crippen LogP) is 2.64. The summed E-state index contributed by atoms with van der Waals surface area (Å²) in [5.41, 5.74) is 9.02. The van der Waals surface area contributed by atoms with E-state index < -0.39 is 0 Å². The second kappa shape index (κ2) is 7.50. The minimum Gasteiger partial charge on any atom is -0.351 e. The van der Waals surface area contributed by atoms with Gasteiger partial charge < -0.3 is 21.4 Å². The summed E-state index contributed by atoms with van der Waals surface area (Å²) in [4.78, 5) is 15.7. The Morgan fingerprint density at radius 2 is 1.93 bits per heavy atom. The van der Waals surface area contributed by atoms with Crippen molar-refractivity contribution < 1.29 is 9.18 Å². The van der Waals surface area contributed by atoms with Gasteiger partial charge >= 0.3 is 0 Å². The highest BCUT2D eigenvalue weighted by atomic mass is 19.1. The molecule has 0 aliphatic carbocycles. The van der Waals surface area contributed by atoms with Gasteiger partial charge in [-0.2, -0.15) is 0 Å².